The van der Waals surface area contributed by atoms with Crippen molar-refractivity contribution in [2.45, 2.75) is 6.92 Å². The number of rotatable bonds is 2. The molecule has 0 aromatic heterocycles. The van der Waals surface area contributed by atoms with E-state index in [1.807, 2.05) is 6.92 Å². The zero-order chi connectivity index (χ0) is 4.99. The molecule has 7 heavy (non-hydrogen) atoms. The van der Waals surface area contributed by atoms with Gasteiger partial charge in [-0.2, -0.15) is 0 Å². The molecule has 2 nitrogen and oxygen atoms in total. The second kappa shape index (κ2) is 6.81. The van der Waals surface area contributed by atoms with Crippen LogP contribution in [-0.2, 0) is 28.6 Å². The van der Waals surface area contributed by atoms with Crippen LogP contribution in [0.25, 0.3) is 0 Å². The van der Waals surface area contributed by atoms with Crippen LogP contribution in [0.2, 0.25) is 0 Å². The predicted octanol–water partition coefficient (Wildman–Crippen LogP) is 1.12. The molecule has 0 heterocycles. The van der Waals surface area contributed by atoms with Crippen LogP contribution in [-0.4, -0.2) is 13.3 Å². The van der Waals surface area contributed by atoms with Gasteiger partial charge in [0, 0.05) is 26.1 Å². The fourth-order valence-corrected chi connectivity index (χ4v) is 0.610. The molecule has 0 aromatic rings. The van der Waals surface area contributed by atoms with Crippen molar-refractivity contribution in [3.05, 3.63) is 0 Å². The summed E-state index contributed by atoms with van der Waals surface area (Å²) in [6.45, 7) is 3.97. The van der Waals surface area contributed by atoms with Crippen molar-refractivity contribution in [2.75, 3.05) is 13.3 Å². The molecule has 4 heteroatoms. The van der Waals surface area contributed by atoms with Gasteiger partial charge in [0.25, 0.3) is 0 Å². The average Bonchev–Trinajstić information content (AvgIpc) is 1.35. The Morgan fingerprint density at radius 1 is 1.71 bits per heavy atom. The van der Waals surface area contributed by atoms with E-state index in [0.717, 1.165) is 0 Å². The van der Waals surface area contributed by atoms with Gasteiger partial charge in [0.05, 0.1) is 6.61 Å². The molecule has 0 N–H and O–H groups in total. The third-order valence-electron chi connectivity index (χ3n) is 0.348. The van der Waals surface area contributed by atoms with Gasteiger partial charge in [-0.3, -0.25) is 4.57 Å². The Labute approximate surface area is 57.3 Å². The van der Waals surface area contributed by atoms with E-state index in [1.54, 1.807) is 6.66 Å². The first kappa shape index (κ1) is 10.7. The van der Waals surface area contributed by atoms with Gasteiger partial charge < -0.3 is 4.52 Å². The molecule has 1 unspecified atom stereocenters. The fraction of sp³-hybridized carbons (Fsp3) is 1.00. The van der Waals surface area contributed by atoms with Crippen LogP contribution in [0.15, 0.2) is 0 Å². The summed E-state index contributed by atoms with van der Waals surface area (Å²) >= 11 is 0. The molecular weight excluding hydrogens is 164 g/mol. The Balaban J connectivity index is 0. The minimum atomic E-state index is -1.64. The zero-order valence-electron chi connectivity index (χ0n) is 4.73. The van der Waals surface area contributed by atoms with Gasteiger partial charge in [-0.1, -0.05) is 0 Å². The molecule has 0 saturated carbocycles. The summed E-state index contributed by atoms with van der Waals surface area (Å²) in [6.07, 6.45) is 0. The van der Waals surface area contributed by atoms with Gasteiger partial charge in [-0.05, 0) is 6.92 Å². The number of hydrogen-bond acceptors (Lipinski definition) is 2. The summed E-state index contributed by atoms with van der Waals surface area (Å²) in [6, 6.07) is 0. The fourth-order valence-electron chi connectivity index (χ4n) is 0.203. The summed E-state index contributed by atoms with van der Waals surface area (Å²) in [5, 5.41) is 0. The van der Waals surface area contributed by atoms with Crippen molar-refractivity contribution >= 4 is 8.03 Å². The molecule has 0 saturated heterocycles. The number of hydrogen-bond donors (Lipinski definition) is 0. The van der Waals surface area contributed by atoms with Crippen molar-refractivity contribution in [3.63, 3.8) is 0 Å². The van der Waals surface area contributed by atoms with E-state index in [9.17, 15) is 4.57 Å². The largest absolute Gasteiger partial charge is 0.331 e. The second-order valence-electron chi connectivity index (χ2n) is 0.925. The molecule has 0 aliphatic rings. The molecule has 0 rings (SSSR count). The minimum absolute atomic E-state index is 0. The molecular formula is C3H9O2PZn. The maximum atomic E-state index is 10.0. The van der Waals surface area contributed by atoms with Crippen LogP contribution < -0.4 is 0 Å². The Morgan fingerprint density at radius 3 is 2.14 bits per heavy atom. The molecule has 1 atom stereocenters. The average molecular weight is 173 g/mol. The smallest absolute Gasteiger partial charge is 0.188 e. The van der Waals surface area contributed by atoms with Crippen molar-refractivity contribution in [3.8, 4) is 0 Å². The van der Waals surface area contributed by atoms with E-state index in [2.05, 4.69) is 4.52 Å². The van der Waals surface area contributed by atoms with Gasteiger partial charge in [0.15, 0.2) is 8.03 Å². The normalized spacial score (nSPS) is 12.3. The molecule has 40 valence electrons. The molecule has 0 aromatic carbocycles. The molecule has 0 spiro atoms. The molecule has 0 bridgehead atoms. The molecule has 0 fully saturated rings. The van der Waals surface area contributed by atoms with E-state index < -0.39 is 8.03 Å². The van der Waals surface area contributed by atoms with Gasteiger partial charge in [0.2, 0.25) is 0 Å². The van der Waals surface area contributed by atoms with E-state index >= 15 is 0 Å². The summed E-state index contributed by atoms with van der Waals surface area (Å²) in [5.41, 5.74) is 0. The van der Waals surface area contributed by atoms with E-state index in [1.165, 1.54) is 0 Å². The quantitative estimate of drug-likeness (QED) is 0.462. The van der Waals surface area contributed by atoms with Gasteiger partial charge in [0.1, 0.15) is 0 Å². The predicted molar refractivity (Wildman–Crippen MR) is 26.6 cm³/mol. The molecule has 0 aliphatic heterocycles. The van der Waals surface area contributed by atoms with Crippen LogP contribution in [0.5, 0.6) is 0 Å². The first-order chi connectivity index (χ1) is 2.77. The SMILES string of the molecule is CCO[PH](C)=O.[Zn]. The van der Waals surface area contributed by atoms with Gasteiger partial charge >= 0.3 is 0 Å². The summed E-state index contributed by atoms with van der Waals surface area (Å²) in [4.78, 5) is 0. The van der Waals surface area contributed by atoms with Crippen molar-refractivity contribution in [2.24, 2.45) is 0 Å². The first-order valence-electron chi connectivity index (χ1n) is 1.90. The van der Waals surface area contributed by atoms with E-state index in [0.29, 0.717) is 6.61 Å². The van der Waals surface area contributed by atoms with Crippen LogP contribution >= 0.6 is 8.03 Å². The second-order valence-corrected chi connectivity index (χ2v) is 2.20. The Bertz CT molecular complexity index is 56.9. The maximum absolute atomic E-state index is 10.0. The zero-order valence-corrected chi connectivity index (χ0v) is 8.70. The van der Waals surface area contributed by atoms with Gasteiger partial charge in [-0.15, -0.1) is 0 Å². The monoisotopic (exact) mass is 172 g/mol. The third kappa shape index (κ3) is 10.9. The van der Waals surface area contributed by atoms with Crippen LogP contribution in [0.3, 0.4) is 0 Å². The standard InChI is InChI=1S/C3H9O2P.Zn/c1-3-5-6(2)4;/h6H,3H2,1-2H3;. The maximum Gasteiger partial charge on any atom is 0.188 e. The topological polar surface area (TPSA) is 26.3 Å². The Kier molecular flexibility index (Phi) is 10.4. The summed E-state index contributed by atoms with van der Waals surface area (Å²) in [5.74, 6) is 0. The summed E-state index contributed by atoms with van der Waals surface area (Å²) < 4.78 is 14.6. The van der Waals surface area contributed by atoms with Crippen molar-refractivity contribution in [1.29, 1.82) is 0 Å². The Morgan fingerprint density at radius 2 is 2.14 bits per heavy atom. The van der Waals surface area contributed by atoms with Crippen molar-refractivity contribution in [1.82, 2.24) is 0 Å². The first-order valence-corrected chi connectivity index (χ1v) is 3.72. The van der Waals surface area contributed by atoms with Crippen LogP contribution in [0.1, 0.15) is 6.92 Å². The minimum Gasteiger partial charge on any atom is -0.331 e. The third-order valence-corrected chi connectivity index (χ3v) is 1.04. The van der Waals surface area contributed by atoms with E-state index in [4.69, 9.17) is 0 Å². The Hall–Kier alpha value is 0.813. The molecule has 0 radical (unpaired) electrons. The summed E-state index contributed by atoms with van der Waals surface area (Å²) in [7, 11) is -1.64. The molecule has 0 aliphatic carbocycles. The van der Waals surface area contributed by atoms with Crippen LogP contribution in [0.4, 0.5) is 0 Å². The molecule has 0 amide bonds. The van der Waals surface area contributed by atoms with Crippen LogP contribution in [0, 0.1) is 0 Å². The van der Waals surface area contributed by atoms with E-state index in [-0.39, 0.29) is 19.5 Å². The van der Waals surface area contributed by atoms with Crippen molar-refractivity contribution < 1.29 is 28.6 Å². The van der Waals surface area contributed by atoms with Gasteiger partial charge in [-0.25, -0.2) is 0 Å².